The summed E-state index contributed by atoms with van der Waals surface area (Å²) in [7, 11) is -2.79. The minimum absolute atomic E-state index is 0.0705. The van der Waals surface area contributed by atoms with Crippen molar-refractivity contribution in [3.63, 3.8) is 0 Å². The maximum absolute atomic E-state index is 13.3. The lowest BCUT2D eigenvalue weighted by Gasteiger charge is -2.24. The van der Waals surface area contributed by atoms with E-state index in [1.54, 1.807) is 41.3 Å². The molecule has 1 amide bonds. The molecule has 0 saturated heterocycles. The monoisotopic (exact) mass is 402 g/mol. The number of ether oxygens (including phenoxy) is 1. The number of anilines is 2. The van der Waals surface area contributed by atoms with Crippen LogP contribution in [0.2, 0.25) is 0 Å². The zero-order valence-corrected chi connectivity index (χ0v) is 16.8. The van der Waals surface area contributed by atoms with Crippen molar-refractivity contribution in [2.45, 2.75) is 25.2 Å². The van der Waals surface area contributed by atoms with Crippen LogP contribution in [0.3, 0.4) is 0 Å². The van der Waals surface area contributed by atoms with Crippen molar-refractivity contribution in [3.8, 4) is 0 Å². The number of fused-ring (bicyclic) bond motifs is 1. The lowest BCUT2D eigenvalue weighted by molar-refractivity contribution is -0.138. The summed E-state index contributed by atoms with van der Waals surface area (Å²) in [6, 6.07) is 11.6. The van der Waals surface area contributed by atoms with Crippen LogP contribution in [0.1, 0.15) is 18.1 Å². The molecule has 0 atom stereocenters. The quantitative estimate of drug-likeness (QED) is 0.717. The second-order valence-corrected chi connectivity index (χ2v) is 8.50. The normalized spacial score (nSPS) is 13.2. The van der Waals surface area contributed by atoms with Crippen LogP contribution >= 0.6 is 0 Å². The van der Waals surface area contributed by atoms with Gasteiger partial charge >= 0.3 is 5.97 Å². The van der Waals surface area contributed by atoms with Gasteiger partial charge < -0.3 is 9.64 Å². The Bertz CT molecular complexity index is 1020. The third-order valence-electron chi connectivity index (χ3n) is 4.74. The number of esters is 1. The Morgan fingerprint density at radius 2 is 1.82 bits per heavy atom. The van der Waals surface area contributed by atoms with Crippen LogP contribution in [0.25, 0.3) is 0 Å². The fourth-order valence-corrected chi connectivity index (χ4v) is 4.66. The van der Waals surface area contributed by atoms with Crippen LogP contribution in [0.5, 0.6) is 0 Å². The van der Waals surface area contributed by atoms with E-state index in [0.29, 0.717) is 18.7 Å². The van der Waals surface area contributed by atoms with Crippen molar-refractivity contribution in [3.05, 3.63) is 53.6 Å². The fourth-order valence-electron chi connectivity index (χ4n) is 3.20. The number of aryl methyl sites for hydroxylation is 1. The Kier molecular flexibility index (Phi) is 5.42. The Balaban J connectivity index is 2.03. The number of nitrogens with zero attached hydrogens (tertiary/aromatic N) is 2. The van der Waals surface area contributed by atoms with Gasteiger partial charge in [0.2, 0.25) is 5.91 Å². The first kappa shape index (κ1) is 19.9. The topological polar surface area (TPSA) is 84.0 Å². The second-order valence-electron chi connectivity index (χ2n) is 6.63. The van der Waals surface area contributed by atoms with E-state index in [-0.39, 0.29) is 10.8 Å². The highest BCUT2D eigenvalue weighted by Gasteiger charge is 2.30. The van der Waals surface area contributed by atoms with Crippen molar-refractivity contribution < 1.29 is 22.7 Å². The summed E-state index contributed by atoms with van der Waals surface area (Å²) >= 11 is 0. The summed E-state index contributed by atoms with van der Waals surface area (Å²) in [6.07, 6.45) is 0.583. The van der Waals surface area contributed by atoms with Gasteiger partial charge in [-0.2, -0.15) is 0 Å². The summed E-state index contributed by atoms with van der Waals surface area (Å²) in [5, 5.41) is 0. The molecule has 0 bridgehead atoms. The molecule has 3 rings (SSSR count). The van der Waals surface area contributed by atoms with E-state index in [2.05, 4.69) is 4.74 Å². The van der Waals surface area contributed by atoms with Gasteiger partial charge in [0.15, 0.2) is 0 Å². The molecule has 148 valence electrons. The lowest BCUT2D eigenvalue weighted by Crippen LogP contribution is -2.36. The minimum atomic E-state index is -4.00. The number of methoxy groups -OCH3 is 1. The van der Waals surface area contributed by atoms with Gasteiger partial charge in [0, 0.05) is 19.2 Å². The molecule has 0 saturated carbocycles. The first-order chi connectivity index (χ1) is 13.2. The summed E-state index contributed by atoms with van der Waals surface area (Å²) in [5.74, 6) is -0.741. The van der Waals surface area contributed by atoms with E-state index in [4.69, 9.17) is 0 Å². The summed E-state index contributed by atoms with van der Waals surface area (Å²) in [6.45, 7) is 3.47. The van der Waals surface area contributed by atoms with Crippen molar-refractivity contribution in [2.75, 3.05) is 29.4 Å². The highest BCUT2D eigenvalue weighted by molar-refractivity contribution is 7.92. The third kappa shape index (κ3) is 3.73. The first-order valence-corrected chi connectivity index (χ1v) is 10.3. The maximum Gasteiger partial charge on any atom is 0.326 e. The number of rotatable bonds is 5. The van der Waals surface area contributed by atoms with Gasteiger partial charge in [-0.1, -0.05) is 17.7 Å². The molecule has 0 radical (unpaired) electrons. The van der Waals surface area contributed by atoms with Gasteiger partial charge in [0.25, 0.3) is 10.0 Å². The highest BCUT2D eigenvalue weighted by atomic mass is 32.2. The van der Waals surface area contributed by atoms with E-state index in [9.17, 15) is 18.0 Å². The van der Waals surface area contributed by atoms with Crippen molar-refractivity contribution in [2.24, 2.45) is 0 Å². The highest BCUT2D eigenvalue weighted by Crippen LogP contribution is 2.32. The first-order valence-electron chi connectivity index (χ1n) is 8.81. The number of sulfonamides is 1. The predicted octanol–water partition coefficient (Wildman–Crippen LogP) is 2.27. The smallest absolute Gasteiger partial charge is 0.326 e. The Labute approximate surface area is 164 Å². The molecular formula is C20H22N2O5S. The minimum Gasteiger partial charge on any atom is -0.468 e. The van der Waals surface area contributed by atoms with Gasteiger partial charge in [0.05, 0.1) is 17.7 Å². The number of amides is 1. The largest absolute Gasteiger partial charge is 0.468 e. The third-order valence-corrected chi connectivity index (χ3v) is 6.51. The van der Waals surface area contributed by atoms with Crippen LogP contribution in [0, 0.1) is 6.92 Å². The average Bonchev–Trinajstić information content (AvgIpc) is 3.10. The zero-order chi connectivity index (χ0) is 20.5. The number of hydrogen-bond donors (Lipinski definition) is 0. The molecule has 2 aromatic rings. The number of benzene rings is 2. The molecule has 0 fully saturated rings. The number of hydrogen-bond acceptors (Lipinski definition) is 5. The van der Waals surface area contributed by atoms with Gasteiger partial charge in [-0.25, -0.2) is 8.42 Å². The predicted molar refractivity (Wildman–Crippen MR) is 106 cm³/mol. The molecule has 1 aliphatic heterocycles. The fraction of sp³-hybridized carbons (Fsp3) is 0.300. The van der Waals surface area contributed by atoms with Gasteiger partial charge in [-0.3, -0.25) is 13.9 Å². The van der Waals surface area contributed by atoms with Crippen molar-refractivity contribution >= 4 is 33.3 Å². The second kappa shape index (κ2) is 7.63. The number of carbonyl (C=O) groups excluding carboxylic acids is 2. The molecule has 0 aliphatic carbocycles. The van der Waals surface area contributed by atoms with Crippen LogP contribution in [0.15, 0.2) is 47.4 Å². The van der Waals surface area contributed by atoms with Crippen molar-refractivity contribution in [1.82, 2.24) is 0 Å². The Morgan fingerprint density at radius 3 is 2.43 bits per heavy atom. The van der Waals surface area contributed by atoms with Crippen LogP contribution in [-0.2, 0) is 30.8 Å². The van der Waals surface area contributed by atoms with Crippen molar-refractivity contribution in [1.29, 1.82) is 0 Å². The van der Waals surface area contributed by atoms with Crippen LogP contribution in [-0.4, -0.2) is 40.5 Å². The van der Waals surface area contributed by atoms with E-state index in [1.807, 2.05) is 6.92 Å². The molecule has 1 heterocycles. The molecule has 0 aromatic heterocycles. The Morgan fingerprint density at radius 1 is 1.14 bits per heavy atom. The molecule has 0 unspecified atom stereocenters. The molecule has 28 heavy (non-hydrogen) atoms. The standard InChI is InChI=1S/C20H22N2O5S/c1-14-4-6-17(7-5-14)22(13-20(24)27-3)28(25,26)18-8-9-19-16(12-18)10-11-21(19)15(2)23/h4-9,12H,10-11,13H2,1-3H3. The average molecular weight is 402 g/mol. The molecule has 1 aliphatic rings. The van der Waals surface area contributed by atoms with Gasteiger partial charge in [0.1, 0.15) is 6.54 Å². The molecule has 8 heteroatoms. The molecule has 7 nitrogen and oxygen atoms in total. The van der Waals surface area contributed by atoms with E-state index >= 15 is 0 Å². The SMILES string of the molecule is COC(=O)CN(c1ccc(C)cc1)S(=O)(=O)c1ccc2c(c1)CCN2C(C)=O. The van der Waals surface area contributed by atoms with E-state index in [1.165, 1.54) is 20.1 Å². The summed E-state index contributed by atoms with van der Waals surface area (Å²) in [5.41, 5.74) is 2.86. The molecule has 0 spiro atoms. The summed E-state index contributed by atoms with van der Waals surface area (Å²) in [4.78, 5) is 25.3. The number of carbonyl (C=O) groups is 2. The molecule has 2 aromatic carbocycles. The van der Waals surface area contributed by atoms with Crippen LogP contribution < -0.4 is 9.21 Å². The zero-order valence-electron chi connectivity index (χ0n) is 16.0. The Hall–Kier alpha value is -2.87. The molecular weight excluding hydrogens is 380 g/mol. The van der Waals surface area contributed by atoms with Gasteiger partial charge in [-0.05, 0) is 49.2 Å². The van der Waals surface area contributed by atoms with E-state index in [0.717, 1.165) is 21.1 Å². The lowest BCUT2D eigenvalue weighted by atomic mass is 10.2. The van der Waals surface area contributed by atoms with Gasteiger partial charge in [-0.15, -0.1) is 0 Å². The van der Waals surface area contributed by atoms with E-state index < -0.39 is 22.5 Å². The molecule has 0 N–H and O–H groups in total. The van der Waals surface area contributed by atoms with Crippen LogP contribution in [0.4, 0.5) is 11.4 Å². The summed E-state index contributed by atoms with van der Waals surface area (Å²) < 4.78 is 32.4. The maximum atomic E-state index is 13.3.